The van der Waals surface area contributed by atoms with Crippen LogP contribution in [0.2, 0.25) is 5.02 Å². The highest BCUT2D eigenvalue weighted by Gasteiger charge is 2.33. The van der Waals surface area contributed by atoms with Crippen LogP contribution in [0.5, 0.6) is 0 Å². The number of nitro benzene ring substituents is 1. The number of rotatable bonds is 7. The van der Waals surface area contributed by atoms with Crippen LogP contribution in [0, 0.1) is 17.0 Å². The number of hydrogen-bond acceptors (Lipinski definition) is 5. The molecular formula is C22H18ClNO5S. The molecule has 3 rings (SSSR count). The van der Waals surface area contributed by atoms with Crippen LogP contribution in [-0.4, -0.2) is 19.1 Å². The Balaban J connectivity index is 2.06. The molecule has 0 spiro atoms. The summed E-state index contributed by atoms with van der Waals surface area (Å²) in [7, 11) is -3.96. The van der Waals surface area contributed by atoms with Crippen molar-refractivity contribution in [2.75, 3.05) is 0 Å². The van der Waals surface area contributed by atoms with Crippen LogP contribution in [-0.2, 0) is 9.84 Å². The van der Waals surface area contributed by atoms with Crippen LogP contribution in [0.1, 0.15) is 33.2 Å². The SMILES string of the molecule is Cc1ccc(S(=O)(=O)[C@H](CC(=O)c2cccc([N+](=O)[O-])c2)c2ccccc2Cl)cc1. The lowest BCUT2D eigenvalue weighted by Gasteiger charge is -2.19. The fraction of sp³-hybridized carbons (Fsp3) is 0.136. The summed E-state index contributed by atoms with van der Waals surface area (Å²) in [5.41, 5.74) is 1.03. The highest BCUT2D eigenvalue weighted by atomic mass is 35.5. The Hall–Kier alpha value is -3.03. The smallest absolute Gasteiger partial charge is 0.270 e. The molecule has 3 aromatic rings. The van der Waals surface area contributed by atoms with Crippen molar-refractivity contribution < 1.29 is 18.1 Å². The van der Waals surface area contributed by atoms with E-state index in [-0.39, 0.29) is 21.2 Å². The minimum absolute atomic E-state index is 0.0698. The first-order chi connectivity index (χ1) is 14.2. The zero-order valence-electron chi connectivity index (χ0n) is 16.0. The predicted octanol–water partition coefficient (Wildman–Crippen LogP) is 5.34. The standard InChI is InChI=1S/C22H18ClNO5S/c1-15-9-11-18(12-10-15)30(28,29)22(19-7-2-3-8-20(19)23)14-21(25)16-5-4-6-17(13-16)24(26)27/h2-13,22H,14H2,1H3/t22-/m1/s1. The Morgan fingerprint density at radius 1 is 1.03 bits per heavy atom. The van der Waals surface area contributed by atoms with Crippen molar-refractivity contribution in [1.82, 2.24) is 0 Å². The molecule has 154 valence electrons. The van der Waals surface area contributed by atoms with Crippen LogP contribution in [0.3, 0.4) is 0 Å². The van der Waals surface area contributed by atoms with Crippen LogP contribution in [0.4, 0.5) is 5.69 Å². The first kappa shape index (κ1) is 21.7. The largest absolute Gasteiger partial charge is 0.294 e. The summed E-state index contributed by atoms with van der Waals surface area (Å²) < 4.78 is 26.8. The van der Waals surface area contributed by atoms with E-state index in [2.05, 4.69) is 0 Å². The van der Waals surface area contributed by atoms with E-state index in [1.54, 1.807) is 36.4 Å². The van der Waals surface area contributed by atoms with Crippen molar-refractivity contribution in [2.45, 2.75) is 23.5 Å². The Morgan fingerprint density at radius 2 is 1.70 bits per heavy atom. The van der Waals surface area contributed by atoms with Gasteiger partial charge in [-0.25, -0.2) is 8.42 Å². The zero-order chi connectivity index (χ0) is 21.9. The van der Waals surface area contributed by atoms with E-state index < -0.39 is 32.2 Å². The number of nitro groups is 1. The first-order valence-electron chi connectivity index (χ1n) is 9.03. The molecule has 0 aliphatic rings. The molecular weight excluding hydrogens is 426 g/mol. The Labute approximate surface area is 179 Å². The second-order valence-corrected chi connectivity index (χ2v) is 9.34. The van der Waals surface area contributed by atoms with Crippen molar-refractivity contribution in [1.29, 1.82) is 0 Å². The number of sulfone groups is 1. The van der Waals surface area contributed by atoms with E-state index in [1.807, 2.05) is 6.92 Å². The molecule has 0 unspecified atom stereocenters. The minimum atomic E-state index is -3.96. The second kappa shape index (κ2) is 8.77. The summed E-state index contributed by atoms with van der Waals surface area (Å²) in [4.78, 5) is 23.4. The normalized spacial score (nSPS) is 12.3. The maximum Gasteiger partial charge on any atom is 0.270 e. The molecule has 0 aromatic heterocycles. The van der Waals surface area contributed by atoms with Crippen molar-refractivity contribution in [3.8, 4) is 0 Å². The van der Waals surface area contributed by atoms with Gasteiger partial charge in [0.05, 0.1) is 15.1 Å². The van der Waals surface area contributed by atoms with E-state index in [9.17, 15) is 23.3 Å². The molecule has 0 aliphatic heterocycles. The molecule has 0 fully saturated rings. The monoisotopic (exact) mass is 443 g/mol. The number of aryl methyl sites for hydroxylation is 1. The Bertz CT molecular complexity index is 1210. The molecule has 1 atom stereocenters. The molecule has 0 bridgehead atoms. The van der Waals surface area contributed by atoms with Crippen molar-refractivity contribution in [2.24, 2.45) is 0 Å². The van der Waals surface area contributed by atoms with Crippen LogP contribution in [0.25, 0.3) is 0 Å². The van der Waals surface area contributed by atoms with Gasteiger partial charge in [-0.2, -0.15) is 0 Å². The molecule has 0 aliphatic carbocycles. The summed E-state index contributed by atoms with van der Waals surface area (Å²) >= 11 is 6.27. The van der Waals surface area contributed by atoms with Gasteiger partial charge < -0.3 is 0 Å². The van der Waals surface area contributed by atoms with E-state index in [4.69, 9.17) is 11.6 Å². The first-order valence-corrected chi connectivity index (χ1v) is 10.9. The molecule has 0 amide bonds. The molecule has 0 saturated heterocycles. The van der Waals surface area contributed by atoms with E-state index in [1.165, 1.54) is 30.3 Å². The van der Waals surface area contributed by atoms with Crippen molar-refractivity contribution in [3.05, 3.63) is 105 Å². The van der Waals surface area contributed by atoms with Gasteiger partial charge in [-0.3, -0.25) is 14.9 Å². The average molecular weight is 444 g/mol. The molecule has 8 heteroatoms. The quantitative estimate of drug-likeness (QED) is 0.279. The predicted molar refractivity (Wildman–Crippen MR) is 115 cm³/mol. The topological polar surface area (TPSA) is 94.3 Å². The lowest BCUT2D eigenvalue weighted by molar-refractivity contribution is -0.384. The molecule has 0 heterocycles. The number of carbonyl (C=O) groups is 1. The minimum Gasteiger partial charge on any atom is -0.294 e. The second-order valence-electron chi connectivity index (χ2n) is 6.80. The number of non-ortho nitro benzene ring substituents is 1. The fourth-order valence-electron chi connectivity index (χ4n) is 3.09. The highest BCUT2D eigenvalue weighted by Crippen LogP contribution is 2.36. The average Bonchev–Trinajstić information content (AvgIpc) is 2.73. The molecule has 0 radical (unpaired) electrons. The van der Waals surface area contributed by atoms with Gasteiger partial charge in [0.1, 0.15) is 0 Å². The van der Waals surface area contributed by atoms with E-state index >= 15 is 0 Å². The molecule has 30 heavy (non-hydrogen) atoms. The Kier molecular flexibility index (Phi) is 6.34. The summed E-state index contributed by atoms with van der Waals surface area (Å²) in [5.74, 6) is -0.528. The third kappa shape index (κ3) is 4.58. The summed E-state index contributed by atoms with van der Waals surface area (Å²) in [5, 5.41) is 10.0. The van der Waals surface area contributed by atoms with Crippen LogP contribution < -0.4 is 0 Å². The summed E-state index contributed by atoms with van der Waals surface area (Å²) in [6, 6.07) is 18.0. The van der Waals surface area contributed by atoms with Crippen LogP contribution in [0.15, 0.2) is 77.7 Å². The molecule has 6 nitrogen and oxygen atoms in total. The maximum atomic E-state index is 13.4. The third-order valence-corrected chi connectivity index (χ3v) is 7.17. The van der Waals surface area contributed by atoms with Crippen molar-refractivity contribution in [3.63, 3.8) is 0 Å². The molecule has 0 saturated carbocycles. The van der Waals surface area contributed by atoms with E-state index in [0.29, 0.717) is 5.56 Å². The Morgan fingerprint density at radius 3 is 2.33 bits per heavy atom. The van der Waals surface area contributed by atoms with E-state index in [0.717, 1.165) is 11.6 Å². The zero-order valence-corrected chi connectivity index (χ0v) is 17.6. The molecule has 3 aromatic carbocycles. The number of hydrogen-bond donors (Lipinski definition) is 0. The lowest BCUT2D eigenvalue weighted by Crippen LogP contribution is -2.18. The van der Waals surface area contributed by atoms with Gasteiger partial charge >= 0.3 is 0 Å². The number of carbonyl (C=O) groups excluding carboxylic acids is 1. The molecule has 0 N–H and O–H groups in total. The lowest BCUT2D eigenvalue weighted by atomic mass is 10.0. The number of benzene rings is 3. The van der Waals surface area contributed by atoms with Crippen molar-refractivity contribution >= 4 is 32.9 Å². The number of halogens is 1. The van der Waals surface area contributed by atoms with Gasteiger partial charge in [-0.05, 0) is 30.7 Å². The third-order valence-electron chi connectivity index (χ3n) is 4.73. The number of nitrogens with zero attached hydrogens (tertiary/aromatic N) is 1. The fourth-order valence-corrected chi connectivity index (χ4v) is 5.18. The van der Waals surface area contributed by atoms with Crippen LogP contribution >= 0.6 is 11.6 Å². The van der Waals surface area contributed by atoms with Gasteiger partial charge in [0.2, 0.25) is 0 Å². The van der Waals surface area contributed by atoms with Gasteiger partial charge in [0.25, 0.3) is 5.69 Å². The highest BCUT2D eigenvalue weighted by molar-refractivity contribution is 7.91. The van der Waals surface area contributed by atoms with Gasteiger partial charge in [-0.15, -0.1) is 0 Å². The van der Waals surface area contributed by atoms with Gasteiger partial charge in [0, 0.05) is 29.1 Å². The summed E-state index contributed by atoms with van der Waals surface area (Å²) in [6.07, 6.45) is -0.402. The maximum absolute atomic E-state index is 13.4. The number of Topliss-reactive ketones (excluding diaryl/α,β-unsaturated/α-hetero) is 1. The van der Waals surface area contributed by atoms with Gasteiger partial charge in [0.15, 0.2) is 15.6 Å². The van der Waals surface area contributed by atoms with Gasteiger partial charge in [-0.1, -0.05) is 59.6 Å². The number of ketones is 1. The summed E-state index contributed by atoms with van der Waals surface area (Å²) in [6.45, 7) is 1.84.